The molecule has 0 radical (unpaired) electrons. The Labute approximate surface area is 209 Å². The minimum Gasteiger partial charge on any atom is -0.467 e. The molecule has 184 valence electrons. The smallest absolute Gasteiger partial charge is 0.264 e. The molecule has 2 N–H and O–H groups in total. The first-order chi connectivity index (χ1) is 17.3. The molecule has 0 aliphatic carbocycles. The Balaban J connectivity index is 1.57. The lowest BCUT2D eigenvalue weighted by Gasteiger charge is -2.24. The number of nitrogens with zero attached hydrogens (tertiary/aromatic N) is 1. The SMILES string of the molecule is Cc1cccc(N(CC(=O)Nc2ccccc2C(=O)NCc2ccco2)S(=O)(=O)c2ccccc2)c1. The van der Waals surface area contributed by atoms with Crippen molar-refractivity contribution in [3.05, 3.63) is 114 Å². The number of furan rings is 1. The summed E-state index contributed by atoms with van der Waals surface area (Å²) in [5, 5.41) is 5.44. The molecule has 4 aromatic rings. The molecule has 2 amide bonds. The summed E-state index contributed by atoms with van der Waals surface area (Å²) in [5.41, 5.74) is 1.71. The average molecular weight is 504 g/mol. The van der Waals surface area contributed by atoms with E-state index in [0.29, 0.717) is 11.4 Å². The van der Waals surface area contributed by atoms with Crippen LogP contribution in [0.5, 0.6) is 0 Å². The molecular formula is C27H25N3O5S. The van der Waals surface area contributed by atoms with Gasteiger partial charge in [0.15, 0.2) is 0 Å². The van der Waals surface area contributed by atoms with Crippen LogP contribution < -0.4 is 14.9 Å². The quantitative estimate of drug-likeness (QED) is 0.353. The number of aryl methyl sites for hydroxylation is 1. The number of benzene rings is 3. The van der Waals surface area contributed by atoms with Crippen molar-refractivity contribution < 1.29 is 22.4 Å². The van der Waals surface area contributed by atoms with E-state index in [2.05, 4.69) is 10.6 Å². The van der Waals surface area contributed by atoms with Crippen LogP contribution in [0.1, 0.15) is 21.7 Å². The van der Waals surface area contributed by atoms with Crippen molar-refractivity contribution >= 4 is 33.2 Å². The number of hydrogen-bond donors (Lipinski definition) is 2. The van der Waals surface area contributed by atoms with E-state index in [1.807, 2.05) is 13.0 Å². The van der Waals surface area contributed by atoms with Crippen LogP contribution in [0.3, 0.4) is 0 Å². The maximum Gasteiger partial charge on any atom is 0.264 e. The Morgan fingerprint density at radius 1 is 0.889 bits per heavy atom. The second-order valence-electron chi connectivity index (χ2n) is 8.02. The van der Waals surface area contributed by atoms with E-state index in [4.69, 9.17) is 4.42 Å². The fourth-order valence-electron chi connectivity index (χ4n) is 3.60. The summed E-state index contributed by atoms with van der Waals surface area (Å²) < 4.78 is 33.2. The van der Waals surface area contributed by atoms with E-state index in [1.54, 1.807) is 72.8 Å². The summed E-state index contributed by atoms with van der Waals surface area (Å²) in [6, 6.07) is 24.8. The number of carbonyl (C=O) groups is 2. The Bertz CT molecular complexity index is 1450. The highest BCUT2D eigenvalue weighted by molar-refractivity contribution is 7.92. The molecule has 0 unspecified atom stereocenters. The zero-order valence-electron chi connectivity index (χ0n) is 19.5. The zero-order chi connectivity index (χ0) is 25.5. The van der Waals surface area contributed by atoms with Gasteiger partial charge in [0.1, 0.15) is 12.3 Å². The highest BCUT2D eigenvalue weighted by atomic mass is 32.2. The molecule has 36 heavy (non-hydrogen) atoms. The van der Waals surface area contributed by atoms with Crippen molar-refractivity contribution in [1.82, 2.24) is 5.32 Å². The number of nitrogens with one attached hydrogen (secondary N) is 2. The molecule has 0 saturated heterocycles. The van der Waals surface area contributed by atoms with Crippen molar-refractivity contribution in [2.75, 3.05) is 16.2 Å². The lowest BCUT2D eigenvalue weighted by atomic mass is 10.1. The monoisotopic (exact) mass is 503 g/mol. The van der Waals surface area contributed by atoms with Gasteiger partial charge in [-0.25, -0.2) is 8.42 Å². The van der Waals surface area contributed by atoms with Crippen LogP contribution in [0.15, 0.2) is 107 Å². The first-order valence-corrected chi connectivity index (χ1v) is 12.6. The second kappa shape index (κ2) is 10.9. The van der Waals surface area contributed by atoms with Crippen molar-refractivity contribution in [1.29, 1.82) is 0 Å². The van der Waals surface area contributed by atoms with Crippen molar-refractivity contribution in [2.45, 2.75) is 18.4 Å². The minimum atomic E-state index is -4.04. The van der Waals surface area contributed by atoms with Gasteiger partial charge in [-0.2, -0.15) is 0 Å². The average Bonchev–Trinajstić information content (AvgIpc) is 3.40. The largest absolute Gasteiger partial charge is 0.467 e. The van der Waals surface area contributed by atoms with Crippen LogP contribution in [0, 0.1) is 6.92 Å². The van der Waals surface area contributed by atoms with E-state index >= 15 is 0 Å². The van der Waals surface area contributed by atoms with E-state index in [0.717, 1.165) is 9.87 Å². The van der Waals surface area contributed by atoms with Gasteiger partial charge in [0, 0.05) is 0 Å². The van der Waals surface area contributed by atoms with Gasteiger partial charge in [0.2, 0.25) is 5.91 Å². The van der Waals surface area contributed by atoms with Crippen LogP contribution in [-0.2, 0) is 21.4 Å². The van der Waals surface area contributed by atoms with Crippen LogP contribution in [0.2, 0.25) is 0 Å². The first kappa shape index (κ1) is 24.7. The van der Waals surface area contributed by atoms with Crippen LogP contribution in [0.25, 0.3) is 0 Å². The Morgan fingerprint density at radius 2 is 1.64 bits per heavy atom. The fourth-order valence-corrected chi connectivity index (χ4v) is 5.04. The predicted octanol–water partition coefficient (Wildman–Crippen LogP) is 4.35. The van der Waals surface area contributed by atoms with Crippen LogP contribution >= 0.6 is 0 Å². The molecule has 3 aromatic carbocycles. The Morgan fingerprint density at radius 3 is 2.36 bits per heavy atom. The summed E-state index contributed by atoms with van der Waals surface area (Å²) >= 11 is 0. The number of hydrogen-bond acceptors (Lipinski definition) is 5. The van der Waals surface area contributed by atoms with Gasteiger partial charge < -0.3 is 15.1 Å². The molecule has 0 fully saturated rings. The molecule has 8 nitrogen and oxygen atoms in total. The number of rotatable bonds is 9. The maximum atomic E-state index is 13.5. The first-order valence-electron chi connectivity index (χ1n) is 11.2. The highest BCUT2D eigenvalue weighted by Crippen LogP contribution is 2.25. The third-order valence-corrected chi connectivity index (χ3v) is 7.15. The lowest BCUT2D eigenvalue weighted by Crippen LogP contribution is -2.38. The van der Waals surface area contributed by atoms with Gasteiger partial charge in [0.25, 0.3) is 15.9 Å². The molecule has 1 aromatic heterocycles. The molecular weight excluding hydrogens is 478 g/mol. The minimum absolute atomic E-state index is 0.0667. The molecule has 4 rings (SSSR count). The molecule has 0 spiro atoms. The molecule has 0 aliphatic heterocycles. The molecule has 9 heteroatoms. The molecule has 0 saturated carbocycles. The number of sulfonamides is 1. The fraction of sp³-hybridized carbons (Fsp3) is 0.111. The van der Waals surface area contributed by atoms with Crippen LogP contribution in [0.4, 0.5) is 11.4 Å². The van der Waals surface area contributed by atoms with Crippen molar-refractivity contribution in [3.8, 4) is 0 Å². The maximum absolute atomic E-state index is 13.5. The van der Waals surface area contributed by atoms with E-state index in [1.165, 1.54) is 18.4 Å². The molecule has 0 aliphatic rings. The van der Waals surface area contributed by atoms with Gasteiger partial charge >= 0.3 is 0 Å². The van der Waals surface area contributed by atoms with Crippen molar-refractivity contribution in [3.63, 3.8) is 0 Å². The summed E-state index contributed by atoms with van der Waals surface area (Å²) in [5.74, 6) is -0.415. The van der Waals surface area contributed by atoms with Gasteiger partial charge in [-0.05, 0) is 61.0 Å². The third-order valence-electron chi connectivity index (χ3n) is 5.36. The Kier molecular flexibility index (Phi) is 7.50. The van der Waals surface area contributed by atoms with Gasteiger partial charge in [-0.1, -0.05) is 42.5 Å². The zero-order valence-corrected chi connectivity index (χ0v) is 20.4. The lowest BCUT2D eigenvalue weighted by molar-refractivity contribution is -0.114. The third kappa shape index (κ3) is 5.81. The van der Waals surface area contributed by atoms with E-state index < -0.39 is 28.4 Å². The Hall–Kier alpha value is -4.37. The predicted molar refractivity (Wildman–Crippen MR) is 137 cm³/mol. The van der Waals surface area contributed by atoms with E-state index in [-0.39, 0.29) is 22.7 Å². The van der Waals surface area contributed by atoms with Gasteiger partial charge in [0.05, 0.1) is 34.6 Å². The van der Waals surface area contributed by atoms with Gasteiger partial charge in [-0.15, -0.1) is 0 Å². The molecule has 0 bridgehead atoms. The number of anilines is 2. The summed E-state index contributed by atoms with van der Waals surface area (Å²) in [4.78, 5) is 25.9. The summed E-state index contributed by atoms with van der Waals surface area (Å²) in [7, 11) is -4.04. The van der Waals surface area contributed by atoms with Crippen molar-refractivity contribution in [2.24, 2.45) is 0 Å². The van der Waals surface area contributed by atoms with Crippen LogP contribution in [-0.4, -0.2) is 26.8 Å². The highest BCUT2D eigenvalue weighted by Gasteiger charge is 2.27. The summed E-state index contributed by atoms with van der Waals surface area (Å²) in [6.07, 6.45) is 1.51. The van der Waals surface area contributed by atoms with E-state index in [9.17, 15) is 18.0 Å². The number of carbonyl (C=O) groups excluding carboxylic acids is 2. The normalized spacial score (nSPS) is 11.0. The summed E-state index contributed by atoms with van der Waals surface area (Å²) in [6.45, 7) is 1.54. The molecule has 0 atom stereocenters. The molecule has 1 heterocycles. The topological polar surface area (TPSA) is 109 Å². The number of amides is 2. The number of para-hydroxylation sites is 1. The van der Waals surface area contributed by atoms with Gasteiger partial charge in [-0.3, -0.25) is 13.9 Å². The standard InChI is InChI=1S/C27H25N3O5S/c1-20-9-7-10-21(17-20)30(36(33,34)23-12-3-2-4-13-23)19-26(31)29-25-15-6-5-14-24(25)27(32)28-18-22-11-8-16-35-22/h2-17H,18-19H2,1H3,(H,28,32)(H,29,31). The second-order valence-corrected chi connectivity index (χ2v) is 9.88.